The predicted octanol–water partition coefficient (Wildman–Crippen LogP) is 3.09. The summed E-state index contributed by atoms with van der Waals surface area (Å²) in [6.07, 6.45) is -1.14. The molecule has 0 saturated carbocycles. The second-order valence-electron chi connectivity index (χ2n) is 6.82. The van der Waals surface area contributed by atoms with Gasteiger partial charge in [-0.1, -0.05) is 23.7 Å². The van der Waals surface area contributed by atoms with Gasteiger partial charge in [0.25, 0.3) is 5.91 Å². The Morgan fingerprint density at radius 1 is 1.33 bits per heavy atom. The van der Waals surface area contributed by atoms with E-state index in [1.807, 2.05) is 0 Å². The highest BCUT2D eigenvalue weighted by Crippen LogP contribution is 2.29. The minimum Gasteiger partial charge on any atom is -0.387 e. The van der Waals surface area contributed by atoms with E-state index in [9.17, 15) is 23.9 Å². The highest BCUT2D eigenvalue weighted by molar-refractivity contribution is 6.30. The maximum Gasteiger partial charge on any atom is 0.329 e. The van der Waals surface area contributed by atoms with Gasteiger partial charge in [-0.2, -0.15) is 0 Å². The molecule has 1 saturated heterocycles. The predicted molar refractivity (Wildman–Crippen MR) is 110 cm³/mol. The van der Waals surface area contributed by atoms with Crippen molar-refractivity contribution < 1.29 is 23.9 Å². The van der Waals surface area contributed by atoms with E-state index >= 15 is 0 Å². The number of nitrogens with zero attached hydrogens (tertiary/aromatic N) is 1. The summed E-state index contributed by atoms with van der Waals surface area (Å²) in [5.74, 6) is -1.05. The highest BCUT2D eigenvalue weighted by Gasteiger charge is 2.37. The van der Waals surface area contributed by atoms with Crippen LogP contribution >= 0.6 is 11.6 Å². The van der Waals surface area contributed by atoms with Crippen molar-refractivity contribution >= 4 is 40.9 Å². The molecule has 30 heavy (non-hydrogen) atoms. The molecule has 1 aliphatic heterocycles. The van der Waals surface area contributed by atoms with Crippen molar-refractivity contribution in [2.24, 2.45) is 0 Å². The van der Waals surface area contributed by atoms with Gasteiger partial charge in [0.05, 0.1) is 16.8 Å². The fourth-order valence-corrected chi connectivity index (χ4v) is 3.15. The van der Waals surface area contributed by atoms with Crippen LogP contribution < -0.4 is 20.9 Å². The molecule has 1 heterocycles. The van der Waals surface area contributed by atoms with Gasteiger partial charge in [-0.05, 0) is 49.2 Å². The van der Waals surface area contributed by atoms with Crippen LogP contribution in [0.15, 0.2) is 36.4 Å². The van der Waals surface area contributed by atoms with Gasteiger partial charge in [0.2, 0.25) is 0 Å². The van der Waals surface area contributed by atoms with Gasteiger partial charge in [0.1, 0.15) is 11.9 Å². The first-order chi connectivity index (χ1) is 14.2. The Hall–Kier alpha value is -3.17. The molecule has 0 aliphatic carbocycles. The zero-order valence-electron chi connectivity index (χ0n) is 16.2. The monoisotopic (exact) mass is 434 g/mol. The third-order valence-corrected chi connectivity index (χ3v) is 5.02. The van der Waals surface area contributed by atoms with Crippen LogP contribution in [0.5, 0.6) is 0 Å². The fraction of sp³-hybridized carbons (Fsp3) is 0.250. The molecule has 0 bridgehead atoms. The lowest BCUT2D eigenvalue weighted by atomic mass is 10.1. The SMILES string of the molecule is Cc1c(NC(=O)NC[C@H](O)c2ccc(Cl)c(F)c2)cccc1N1C(=O)N[C@H](C)C1=O. The van der Waals surface area contributed by atoms with Gasteiger partial charge >= 0.3 is 12.1 Å². The molecule has 2 aromatic carbocycles. The molecule has 3 rings (SSSR count). The van der Waals surface area contributed by atoms with Crippen molar-refractivity contribution in [2.75, 3.05) is 16.8 Å². The van der Waals surface area contributed by atoms with E-state index in [1.165, 1.54) is 12.1 Å². The van der Waals surface area contributed by atoms with Crippen LogP contribution in [0.25, 0.3) is 0 Å². The molecule has 0 radical (unpaired) electrons. The van der Waals surface area contributed by atoms with Crippen molar-refractivity contribution in [1.82, 2.24) is 10.6 Å². The lowest BCUT2D eigenvalue weighted by Gasteiger charge is -2.19. The van der Waals surface area contributed by atoms with E-state index < -0.39 is 30.0 Å². The Labute approximate surface area is 177 Å². The van der Waals surface area contributed by atoms with E-state index in [1.54, 1.807) is 32.0 Å². The van der Waals surface area contributed by atoms with E-state index in [4.69, 9.17) is 11.6 Å². The minimum absolute atomic E-state index is 0.0634. The lowest BCUT2D eigenvalue weighted by molar-refractivity contribution is -0.117. The first kappa shape index (κ1) is 21.5. The van der Waals surface area contributed by atoms with Crippen LogP contribution in [0.4, 0.5) is 25.4 Å². The van der Waals surface area contributed by atoms with Crippen molar-refractivity contribution in [1.29, 1.82) is 0 Å². The van der Waals surface area contributed by atoms with E-state index in [2.05, 4.69) is 16.0 Å². The number of rotatable bonds is 5. The molecule has 1 aliphatic rings. The van der Waals surface area contributed by atoms with Crippen LogP contribution in [0.3, 0.4) is 0 Å². The summed E-state index contributed by atoms with van der Waals surface area (Å²) in [4.78, 5) is 37.6. The highest BCUT2D eigenvalue weighted by atomic mass is 35.5. The van der Waals surface area contributed by atoms with E-state index in [0.29, 0.717) is 16.9 Å². The Bertz CT molecular complexity index is 1020. The molecule has 10 heteroatoms. The number of aliphatic hydroxyl groups is 1. The zero-order valence-corrected chi connectivity index (χ0v) is 17.0. The second-order valence-corrected chi connectivity index (χ2v) is 7.23. The number of carbonyl (C=O) groups is 3. The molecule has 0 aromatic heterocycles. The number of urea groups is 2. The van der Waals surface area contributed by atoms with Crippen molar-refractivity contribution in [3.8, 4) is 0 Å². The Balaban J connectivity index is 1.66. The number of carbonyl (C=O) groups excluding carboxylic acids is 3. The summed E-state index contributed by atoms with van der Waals surface area (Å²) in [5.41, 5.74) is 1.53. The molecular weight excluding hydrogens is 415 g/mol. The number of nitrogens with one attached hydrogen (secondary N) is 3. The van der Waals surface area contributed by atoms with Crippen molar-refractivity contribution in [3.05, 3.63) is 58.4 Å². The average molecular weight is 435 g/mol. The lowest BCUT2D eigenvalue weighted by Crippen LogP contribution is -2.33. The largest absolute Gasteiger partial charge is 0.387 e. The molecule has 0 unspecified atom stereocenters. The van der Waals surface area contributed by atoms with E-state index in [-0.39, 0.29) is 23.0 Å². The average Bonchev–Trinajstić information content (AvgIpc) is 2.95. The smallest absolute Gasteiger partial charge is 0.329 e. The quantitative estimate of drug-likeness (QED) is 0.542. The number of benzene rings is 2. The topological polar surface area (TPSA) is 111 Å². The van der Waals surface area contributed by atoms with Gasteiger partial charge < -0.3 is 21.1 Å². The maximum absolute atomic E-state index is 13.5. The molecule has 4 N–H and O–H groups in total. The summed E-state index contributed by atoms with van der Waals surface area (Å²) in [7, 11) is 0. The van der Waals surface area contributed by atoms with Gasteiger partial charge in [0, 0.05) is 12.2 Å². The number of aliphatic hydroxyl groups excluding tert-OH is 1. The first-order valence-electron chi connectivity index (χ1n) is 9.11. The summed E-state index contributed by atoms with van der Waals surface area (Å²) in [5, 5.41) is 17.7. The Kier molecular flexibility index (Phi) is 6.23. The third-order valence-electron chi connectivity index (χ3n) is 4.71. The van der Waals surface area contributed by atoms with Crippen molar-refractivity contribution in [2.45, 2.75) is 26.0 Å². The fourth-order valence-electron chi connectivity index (χ4n) is 3.03. The third kappa shape index (κ3) is 4.37. The van der Waals surface area contributed by atoms with Gasteiger partial charge in [0.15, 0.2) is 0 Å². The minimum atomic E-state index is -1.14. The second kappa shape index (κ2) is 8.68. The molecular formula is C20H20ClFN4O4. The molecule has 158 valence electrons. The molecule has 2 atom stereocenters. The summed E-state index contributed by atoms with van der Waals surface area (Å²) in [6, 6.07) is 6.92. The maximum atomic E-state index is 13.5. The number of imide groups is 1. The van der Waals surface area contributed by atoms with Crippen molar-refractivity contribution in [3.63, 3.8) is 0 Å². The summed E-state index contributed by atoms with van der Waals surface area (Å²) < 4.78 is 13.5. The molecule has 5 amide bonds. The number of hydrogen-bond acceptors (Lipinski definition) is 4. The van der Waals surface area contributed by atoms with Crippen LogP contribution in [0, 0.1) is 12.7 Å². The first-order valence-corrected chi connectivity index (χ1v) is 9.48. The van der Waals surface area contributed by atoms with Gasteiger partial charge in [-0.3, -0.25) is 4.79 Å². The number of halogens is 2. The van der Waals surface area contributed by atoms with Gasteiger partial charge in [-0.15, -0.1) is 0 Å². The number of hydrogen-bond donors (Lipinski definition) is 4. The normalized spacial score (nSPS) is 17.0. The molecule has 2 aromatic rings. The van der Waals surface area contributed by atoms with Crippen LogP contribution in [-0.4, -0.2) is 35.7 Å². The summed E-state index contributed by atoms with van der Waals surface area (Å²) in [6.45, 7) is 3.08. The van der Waals surface area contributed by atoms with Crippen LogP contribution in [0.1, 0.15) is 24.2 Å². The number of anilines is 2. The van der Waals surface area contributed by atoms with Crippen LogP contribution in [0.2, 0.25) is 5.02 Å². The molecule has 8 nitrogen and oxygen atoms in total. The number of amides is 5. The zero-order chi connectivity index (χ0) is 22.0. The Morgan fingerprint density at radius 2 is 2.07 bits per heavy atom. The molecule has 0 spiro atoms. The van der Waals surface area contributed by atoms with Crippen LogP contribution in [-0.2, 0) is 4.79 Å². The van der Waals surface area contributed by atoms with E-state index in [0.717, 1.165) is 11.0 Å². The van der Waals surface area contributed by atoms with Gasteiger partial charge in [-0.25, -0.2) is 18.9 Å². The standard InChI is InChI=1S/C20H20ClFN4O4/c1-10-15(4-3-5-16(10)26-18(28)11(2)24-20(26)30)25-19(29)23-9-17(27)12-6-7-13(21)14(22)8-12/h3-8,11,17,27H,9H2,1-2H3,(H,24,30)(H2,23,25,29)/t11-,17+/m1/s1. The Morgan fingerprint density at radius 3 is 2.70 bits per heavy atom. The summed E-state index contributed by atoms with van der Waals surface area (Å²) >= 11 is 5.62. The molecule has 1 fully saturated rings.